The van der Waals surface area contributed by atoms with Crippen LogP contribution in [0.5, 0.6) is 5.88 Å². The van der Waals surface area contributed by atoms with Crippen molar-refractivity contribution in [3.63, 3.8) is 0 Å². The maximum Gasteiger partial charge on any atom is 0.230 e. The number of nitrogens with one attached hydrogen (secondary N) is 3. The summed E-state index contributed by atoms with van der Waals surface area (Å²) in [5, 5.41) is 0.879. The average molecular weight is 659 g/mol. The van der Waals surface area contributed by atoms with E-state index in [9.17, 15) is 4.39 Å². The Morgan fingerprint density at radius 2 is 1.94 bits per heavy atom. The van der Waals surface area contributed by atoms with E-state index in [1.54, 1.807) is 26.0 Å². The van der Waals surface area contributed by atoms with Crippen molar-refractivity contribution >= 4 is 24.7 Å². The number of aliphatic imine (C=N–C) groups is 1. The Kier molecular flexibility index (Phi) is 18.9. The molecule has 2 aliphatic heterocycles. The van der Waals surface area contributed by atoms with Crippen LogP contribution in [0.25, 0.3) is 12.7 Å². The van der Waals surface area contributed by atoms with Crippen LogP contribution in [0, 0.1) is 6.92 Å². The number of ether oxygens (including phenoxy) is 4. The van der Waals surface area contributed by atoms with Gasteiger partial charge in [0.05, 0.1) is 42.6 Å². The van der Waals surface area contributed by atoms with Gasteiger partial charge in [0.1, 0.15) is 23.7 Å². The monoisotopic (exact) mass is 658 g/mol. The number of aromatic amines is 1. The topological polar surface area (TPSA) is 167 Å². The number of hydrazine groups is 1. The number of hydrogen-bond donors (Lipinski definition) is 5. The Balaban J connectivity index is 0.00000126. The van der Waals surface area contributed by atoms with Gasteiger partial charge in [-0.05, 0) is 57.5 Å². The molecule has 0 bridgehead atoms. The van der Waals surface area contributed by atoms with Crippen LogP contribution < -0.4 is 37.6 Å². The molecule has 13 heteroatoms. The molecule has 0 amide bonds. The number of fused-ring (bicyclic) bond motifs is 1. The highest BCUT2D eigenvalue weighted by Crippen LogP contribution is 2.32. The predicted octanol–water partition coefficient (Wildman–Crippen LogP) is 4.02. The second-order valence-corrected chi connectivity index (χ2v) is 10.4. The highest BCUT2D eigenvalue weighted by Gasteiger charge is 2.29. The molecule has 0 radical (unpaired) electrons. The van der Waals surface area contributed by atoms with Gasteiger partial charge in [-0.1, -0.05) is 40.9 Å². The molecule has 12 nitrogen and oxygen atoms in total. The first-order valence-corrected chi connectivity index (χ1v) is 15.9. The van der Waals surface area contributed by atoms with Gasteiger partial charge in [0, 0.05) is 31.0 Å². The molecule has 2 atom stereocenters. The summed E-state index contributed by atoms with van der Waals surface area (Å²) in [4.78, 5) is 15.8. The van der Waals surface area contributed by atoms with Crippen molar-refractivity contribution in [3.8, 4) is 5.88 Å². The number of rotatable bonds is 12. The van der Waals surface area contributed by atoms with Crippen LogP contribution in [0.3, 0.4) is 0 Å². The first-order valence-electron chi connectivity index (χ1n) is 15.9. The lowest BCUT2D eigenvalue weighted by Crippen LogP contribution is -2.52. The molecule has 4 rings (SSSR count). The summed E-state index contributed by atoms with van der Waals surface area (Å²) >= 11 is 0. The Bertz CT molecular complexity index is 1440. The molecule has 0 spiro atoms. The summed E-state index contributed by atoms with van der Waals surface area (Å²) in [5.41, 5.74) is 19.1. The highest BCUT2D eigenvalue weighted by molar-refractivity contribution is 5.81. The van der Waals surface area contributed by atoms with Gasteiger partial charge < -0.3 is 35.4 Å². The van der Waals surface area contributed by atoms with E-state index in [0.29, 0.717) is 72.1 Å². The van der Waals surface area contributed by atoms with Crippen LogP contribution in [-0.4, -0.2) is 66.7 Å². The van der Waals surface area contributed by atoms with E-state index in [1.807, 2.05) is 34.6 Å². The molecule has 2 aromatic heterocycles. The van der Waals surface area contributed by atoms with Crippen LogP contribution in [0.15, 0.2) is 53.0 Å². The number of methoxy groups -OCH3 is 1. The summed E-state index contributed by atoms with van der Waals surface area (Å²) in [6, 6.07) is 1.72. The molecule has 0 saturated carbocycles. The number of H-pyrrole nitrogens is 1. The van der Waals surface area contributed by atoms with E-state index in [1.165, 1.54) is 25.7 Å². The predicted molar refractivity (Wildman–Crippen MR) is 188 cm³/mol. The molecule has 7 N–H and O–H groups in total. The fourth-order valence-electron chi connectivity index (χ4n) is 4.11. The molecule has 262 valence electrons. The number of allylic oxidation sites excluding steroid dienone is 5. The van der Waals surface area contributed by atoms with Crippen LogP contribution in [0.2, 0.25) is 0 Å². The van der Waals surface area contributed by atoms with Crippen LogP contribution in [-0.2, 0) is 14.2 Å². The lowest BCUT2D eigenvalue weighted by molar-refractivity contribution is 0.173. The molecule has 0 aliphatic carbocycles. The minimum atomic E-state index is -1.39. The average Bonchev–Trinajstić information content (AvgIpc) is 3.62. The fraction of sp³-hybridized carbons (Fsp3) is 0.500. The molecule has 1 saturated heterocycles. The summed E-state index contributed by atoms with van der Waals surface area (Å²) in [6.07, 6.45) is 6.00. The number of hydrogen-bond acceptors (Lipinski definition) is 11. The van der Waals surface area contributed by atoms with Crippen molar-refractivity contribution in [2.45, 2.75) is 73.0 Å². The van der Waals surface area contributed by atoms with Gasteiger partial charge in [-0.2, -0.15) is 0 Å². The quantitative estimate of drug-likeness (QED) is 0.128. The van der Waals surface area contributed by atoms with Crippen molar-refractivity contribution in [1.82, 2.24) is 25.8 Å². The molecule has 2 unspecified atom stereocenters. The summed E-state index contributed by atoms with van der Waals surface area (Å²) in [7, 11) is 1.54. The van der Waals surface area contributed by atoms with Crippen LogP contribution >= 0.6 is 0 Å². The second kappa shape index (κ2) is 21.7. The van der Waals surface area contributed by atoms with E-state index in [4.69, 9.17) is 30.4 Å². The summed E-state index contributed by atoms with van der Waals surface area (Å²) < 4.78 is 37.6. The number of alkyl halides is 1. The molecule has 0 aromatic carbocycles. The standard InChI is InChI=1S/C27H36FN7O4.C3H7N.2C2H6/c1-17-10-22-23(28)11-20(13-30-25(22)35-17)39-26-21(18(2)31-16-32-26)12-24(36-4)19(3)38-8-5-7-33-34-14-27(29)6-9-37-15-27;1-3(2)4;2*1-2/h10-13,16,23,33-35H,2,5-9,14-15,29H2,1,3-4H3;1,4H2,2H3;2*1-2H3/b21-12+,24-19-;;;. The minimum Gasteiger partial charge on any atom is -0.494 e. The van der Waals surface area contributed by atoms with E-state index in [0.717, 1.165) is 18.5 Å². The molecule has 2 aromatic rings. The smallest absolute Gasteiger partial charge is 0.230 e. The molecule has 47 heavy (non-hydrogen) atoms. The minimum absolute atomic E-state index is 0.185. The molecular weight excluding hydrogens is 603 g/mol. The number of halogens is 1. The van der Waals surface area contributed by atoms with Gasteiger partial charge in [0.15, 0.2) is 11.9 Å². The van der Waals surface area contributed by atoms with Crippen LogP contribution in [0.4, 0.5) is 10.2 Å². The Morgan fingerprint density at radius 1 is 1.23 bits per heavy atom. The van der Waals surface area contributed by atoms with Crippen molar-refractivity contribution in [3.05, 3.63) is 69.8 Å². The molecule has 1 fully saturated rings. The summed E-state index contributed by atoms with van der Waals surface area (Å²) in [6.45, 7) is 23.8. The van der Waals surface area contributed by atoms with Crippen LogP contribution in [0.1, 0.15) is 71.8 Å². The van der Waals surface area contributed by atoms with E-state index < -0.39 is 6.17 Å². The number of aryl methyl sites for hydroxylation is 1. The van der Waals surface area contributed by atoms with E-state index in [2.05, 4.69) is 44.0 Å². The third kappa shape index (κ3) is 14.1. The molecular formula is C34H55FN8O4. The lowest BCUT2D eigenvalue weighted by atomic mass is 10.0. The zero-order chi connectivity index (χ0) is 35.4. The van der Waals surface area contributed by atoms with Gasteiger partial charge in [0.2, 0.25) is 5.88 Å². The first kappa shape index (κ1) is 41.0. The number of nitrogens with zero attached hydrogens (tertiary/aromatic N) is 3. The van der Waals surface area contributed by atoms with Gasteiger partial charge >= 0.3 is 0 Å². The van der Waals surface area contributed by atoms with Gasteiger partial charge in [-0.25, -0.2) is 19.4 Å². The highest BCUT2D eigenvalue weighted by atomic mass is 19.1. The largest absolute Gasteiger partial charge is 0.494 e. The third-order valence-electron chi connectivity index (χ3n) is 6.34. The maximum absolute atomic E-state index is 14.9. The van der Waals surface area contributed by atoms with Crippen molar-refractivity contribution in [2.24, 2.45) is 16.5 Å². The Hall–Kier alpha value is -4.04. The van der Waals surface area contributed by atoms with Gasteiger partial charge in [-0.3, -0.25) is 10.9 Å². The van der Waals surface area contributed by atoms with Crippen molar-refractivity contribution < 1.29 is 23.3 Å². The Labute approximate surface area is 278 Å². The summed E-state index contributed by atoms with van der Waals surface area (Å²) in [5.74, 6) is 1.86. The third-order valence-corrected chi connectivity index (χ3v) is 6.34. The molecule has 4 heterocycles. The van der Waals surface area contributed by atoms with Crippen molar-refractivity contribution in [2.75, 3.05) is 40.0 Å². The van der Waals surface area contributed by atoms with E-state index in [-0.39, 0.29) is 17.2 Å². The Morgan fingerprint density at radius 3 is 2.57 bits per heavy atom. The zero-order valence-electron chi connectivity index (χ0n) is 29.3. The molecule has 2 aliphatic rings. The number of nitrogens with two attached hydrogens (primary N) is 2. The number of aromatic nitrogens is 3. The lowest BCUT2D eigenvalue weighted by Gasteiger charge is -2.22. The van der Waals surface area contributed by atoms with Crippen molar-refractivity contribution in [1.29, 1.82) is 0 Å². The second-order valence-electron chi connectivity index (χ2n) is 10.4. The zero-order valence-corrected chi connectivity index (χ0v) is 29.3. The SMILES string of the molecule is C=C(C)N.C=c1ncnc(OC2=CC(F)c3cc(C)[nH]c3N=C2)/c1=C/C(OC)=C(\C)OCCCNNCC1(N)CCOC1.CC.CC. The maximum atomic E-state index is 14.9. The van der Waals surface area contributed by atoms with Gasteiger partial charge in [0.25, 0.3) is 0 Å². The van der Waals surface area contributed by atoms with Gasteiger partial charge in [-0.15, -0.1) is 0 Å². The normalized spacial score (nSPS) is 18.8. The first-order chi connectivity index (χ1) is 22.5. The fourth-order valence-corrected chi connectivity index (χ4v) is 4.11. The van der Waals surface area contributed by atoms with E-state index >= 15 is 0 Å².